The number of nitrogens with one attached hydrogen (secondary N) is 1. The molecule has 0 saturated heterocycles. The number of hydrogen-bond donors (Lipinski definition) is 3. The van der Waals surface area contributed by atoms with Crippen LogP contribution in [0.3, 0.4) is 0 Å². The van der Waals surface area contributed by atoms with Gasteiger partial charge in [-0.3, -0.25) is 4.98 Å². The smallest absolute Gasteiger partial charge is 0.0724 e. The minimum atomic E-state index is -0.249. The number of aromatic nitrogens is 1. The summed E-state index contributed by atoms with van der Waals surface area (Å²) < 4.78 is 0. The second-order valence-corrected chi connectivity index (χ2v) is 4.37. The van der Waals surface area contributed by atoms with Gasteiger partial charge in [0, 0.05) is 18.1 Å². The highest BCUT2D eigenvalue weighted by molar-refractivity contribution is 5.96. The maximum absolute atomic E-state index is 9.50. The van der Waals surface area contributed by atoms with Gasteiger partial charge in [-0.2, -0.15) is 0 Å². The molecular weight excluding hydrogens is 226 g/mol. The highest BCUT2D eigenvalue weighted by Crippen LogP contribution is 2.27. The summed E-state index contributed by atoms with van der Waals surface area (Å²) in [5.74, 6) is 0. The van der Waals surface area contributed by atoms with E-state index in [1.54, 1.807) is 6.20 Å². The van der Waals surface area contributed by atoms with E-state index in [4.69, 9.17) is 5.73 Å². The third-order valence-electron chi connectivity index (χ3n) is 3.09. The lowest BCUT2D eigenvalue weighted by Gasteiger charge is -2.13. The summed E-state index contributed by atoms with van der Waals surface area (Å²) in [7, 11) is 0. The van der Waals surface area contributed by atoms with Crippen molar-refractivity contribution >= 4 is 22.3 Å². The van der Waals surface area contributed by atoms with Crippen LogP contribution in [0.5, 0.6) is 0 Å². The van der Waals surface area contributed by atoms with Crippen molar-refractivity contribution in [2.45, 2.75) is 25.9 Å². The third-order valence-corrected chi connectivity index (χ3v) is 3.09. The molecule has 96 valence electrons. The average molecular weight is 245 g/mol. The first kappa shape index (κ1) is 12.6. The molecule has 0 radical (unpaired) electrons. The zero-order valence-electron chi connectivity index (χ0n) is 10.6. The molecular formula is C14H19N3O. The van der Waals surface area contributed by atoms with Crippen molar-refractivity contribution in [2.75, 3.05) is 17.6 Å². The number of hydrogen-bond acceptors (Lipinski definition) is 4. The van der Waals surface area contributed by atoms with Crippen molar-refractivity contribution in [2.24, 2.45) is 0 Å². The molecule has 0 saturated carbocycles. The Morgan fingerprint density at radius 2 is 2.22 bits per heavy atom. The van der Waals surface area contributed by atoms with Crippen LogP contribution in [0.2, 0.25) is 0 Å². The molecule has 0 bridgehead atoms. The molecule has 0 amide bonds. The quantitative estimate of drug-likeness (QED) is 0.707. The van der Waals surface area contributed by atoms with E-state index in [9.17, 15) is 5.11 Å². The minimum absolute atomic E-state index is 0.249. The Labute approximate surface area is 107 Å². The maximum atomic E-state index is 9.50. The minimum Gasteiger partial charge on any atom is -0.397 e. The van der Waals surface area contributed by atoms with Gasteiger partial charge in [0.05, 0.1) is 23.0 Å². The number of aliphatic hydroxyl groups is 1. The van der Waals surface area contributed by atoms with E-state index in [-0.39, 0.29) is 6.10 Å². The number of benzene rings is 1. The normalized spacial score (nSPS) is 12.6. The summed E-state index contributed by atoms with van der Waals surface area (Å²) in [6, 6.07) is 7.72. The van der Waals surface area contributed by atoms with Gasteiger partial charge in [-0.15, -0.1) is 0 Å². The SMILES string of the molecule is CCC(O)CCNc1ccc2ncccc2c1N. The number of rotatable bonds is 5. The van der Waals surface area contributed by atoms with Gasteiger partial charge in [-0.25, -0.2) is 0 Å². The Kier molecular flexibility index (Phi) is 3.99. The van der Waals surface area contributed by atoms with Crippen LogP contribution in [0, 0.1) is 0 Å². The topological polar surface area (TPSA) is 71.2 Å². The van der Waals surface area contributed by atoms with Gasteiger partial charge in [-0.1, -0.05) is 6.92 Å². The van der Waals surface area contributed by atoms with E-state index in [1.807, 2.05) is 31.2 Å². The number of anilines is 2. The van der Waals surface area contributed by atoms with Gasteiger partial charge in [0.2, 0.25) is 0 Å². The Hall–Kier alpha value is -1.81. The van der Waals surface area contributed by atoms with Crippen molar-refractivity contribution in [1.82, 2.24) is 4.98 Å². The van der Waals surface area contributed by atoms with Crippen LogP contribution in [-0.2, 0) is 0 Å². The molecule has 0 aliphatic heterocycles. The lowest BCUT2D eigenvalue weighted by atomic mass is 10.1. The van der Waals surface area contributed by atoms with Gasteiger partial charge in [0.25, 0.3) is 0 Å². The van der Waals surface area contributed by atoms with Crippen molar-refractivity contribution in [3.63, 3.8) is 0 Å². The molecule has 18 heavy (non-hydrogen) atoms. The van der Waals surface area contributed by atoms with Gasteiger partial charge in [-0.05, 0) is 37.1 Å². The Balaban J connectivity index is 2.12. The van der Waals surface area contributed by atoms with E-state index < -0.39 is 0 Å². The molecule has 1 atom stereocenters. The van der Waals surface area contributed by atoms with Crippen LogP contribution < -0.4 is 11.1 Å². The molecule has 0 fully saturated rings. The molecule has 1 aromatic heterocycles. The molecule has 2 aromatic rings. The lowest BCUT2D eigenvalue weighted by Crippen LogP contribution is -2.13. The number of pyridine rings is 1. The van der Waals surface area contributed by atoms with E-state index in [0.29, 0.717) is 12.2 Å². The van der Waals surface area contributed by atoms with Crippen molar-refractivity contribution in [1.29, 1.82) is 0 Å². The predicted octanol–water partition coefficient (Wildman–Crippen LogP) is 2.39. The van der Waals surface area contributed by atoms with Gasteiger partial charge >= 0.3 is 0 Å². The standard InChI is InChI=1S/C14H19N3O/c1-2-10(18)7-9-17-13-6-5-12-11(14(13)15)4-3-8-16-12/h3-6,8,10,17-18H,2,7,9,15H2,1H3. The first-order valence-electron chi connectivity index (χ1n) is 6.27. The largest absolute Gasteiger partial charge is 0.397 e. The molecule has 1 unspecified atom stereocenters. The Morgan fingerprint density at radius 3 is 3.00 bits per heavy atom. The highest BCUT2D eigenvalue weighted by atomic mass is 16.3. The van der Waals surface area contributed by atoms with Crippen molar-refractivity contribution in [3.05, 3.63) is 30.5 Å². The van der Waals surface area contributed by atoms with E-state index in [2.05, 4.69) is 10.3 Å². The lowest BCUT2D eigenvalue weighted by molar-refractivity contribution is 0.164. The van der Waals surface area contributed by atoms with E-state index in [0.717, 1.165) is 29.4 Å². The highest BCUT2D eigenvalue weighted by Gasteiger charge is 2.05. The second kappa shape index (κ2) is 5.69. The summed E-state index contributed by atoms with van der Waals surface area (Å²) in [6.45, 7) is 2.69. The van der Waals surface area contributed by atoms with Crippen LogP contribution in [-0.4, -0.2) is 22.7 Å². The van der Waals surface area contributed by atoms with Crippen LogP contribution >= 0.6 is 0 Å². The molecule has 4 nitrogen and oxygen atoms in total. The van der Waals surface area contributed by atoms with Crippen LogP contribution in [0.25, 0.3) is 10.9 Å². The van der Waals surface area contributed by atoms with Gasteiger partial charge in [0.15, 0.2) is 0 Å². The molecule has 4 N–H and O–H groups in total. The number of nitrogens with zero attached hydrogens (tertiary/aromatic N) is 1. The third kappa shape index (κ3) is 2.71. The molecule has 1 aromatic carbocycles. The molecule has 2 rings (SSSR count). The number of nitrogens with two attached hydrogens (primary N) is 1. The Morgan fingerprint density at radius 1 is 1.39 bits per heavy atom. The summed E-state index contributed by atoms with van der Waals surface area (Å²) >= 11 is 0. The molecule has 0 spiro atoms. The fraction of sp³-hybridized carbons (Fsp3) is 0.357. The molecule has 1 heterocycles. The average Bonchev–Trinajstić information content (AvgIpc) is 2.41. The summed E-state index contributed by atoms with van der Waals surface area (Å²) in [6.07, 6.45) is 3.01. The van der Waals surface area contributed by atoms with Crippen molar-refractivity contribution < 1.29 is 5.11 Å². The summed E-state index contributed by atoms with van der Waals surface area (Å²) in [5, 5.41) is 13.7. The fourth-order valence-electron chi connectivity index (χ4n) is 1.91. The first-order chi connectivity index (χ1) is 8.72. The number of nitrogen functional groups attached to an aromatic ring is 1. The molecule has 0 aliphatic carbocycles. The molecule has 0 aliphatic rings. The summed E-state index contributed by atoms with van der Waals surface area (Å²) in [4.78, 5) is 4.26. The number of aliphatic hydroxyl groups excluding tert-OH is 1. The predicted molar refractivity (Wildman–Crippen MR) is 75.6 cm³/mol. The van der Waals surface area contributed by atoms with Gasteiger partial charge in [0.1, 0.15) is 0 Å². The molecule has 4 heteroatoms. The number of fused-ring (bicyclic) bond motifs is 1. The van der Waals surface area contributed by atoms with Crippen LogP contribution in [0.15, 0.2) is 30.5 Å². The zero-order valence-corrected chi connectivity index (χ0v) is 10.6. The van der Waals surface area contributed by atoms with Crippen LogP contribution in [0.4, 0.5) is 11.4 Å². The monoisotopic (exact) mass is 245 g/mol. The maximum Gasteiger partial charge on any atom is 0.0724 e. The van der Waals surface area contributed by atoms with E-state index >= 15 is 0 Å². The first-order valence-corrected chi connectivity index (χ1v) is 6.27. The van der Waals surface area contributed by atoms with E-state index in [1.165, 1.54) is 0 Å². The van der Waals surface area contributed by atoms with Crippen molar-refractivity contribution in [3.8, 4) is 0 Å². The fourth-order valence-corrected chi connectivity index (χ4v) is 1.91. The second-order valence-electron chi connectivity index (χ2n) is 4.37. The Bertz CT molecular complexity index is 527. The van der Waals surface area contributed by atoms with Gasteiger partial charge < -0.3 is 16.2 Å². The van der Waals surface area contributed by atoms with Crippen LogP contribution in [0.1, 0.15) is 19.8 Å². The zero-order chi connectivity index (χ0) is 13.0. The summed E-state index contributed by atoms with van der Waals surface area (Å²) in [5.41, 5.74) is 8.62.